The first-order valence-corrected chi connectivity index (χ1v) is 7.24. The van der Waals surface area contributed by atoms with Crippen molar-refractivity contribution in [1.82, 2.24) is 0 Å². The quantitative estimate of drug-likeness (QED) is 0.507. The standard InChI is InChI=1S/C15H22O9/c1-20-7-4-8(21-2)14(9(5-7)22-3)24-15-13(19)12(18)11(17)10(6-16)23-15/h4-5,10-13,15-19H,6H2,1-3H3/t10?,11?,12-,13+,15?/m0/s1. The van der Waals surface area contributed by atoms with E-state index in [1.807, 2.05) is 0 Å². The molecule has 4 N–H and O–H groups in total. The molecular weight excluding hydrogens is 324 g/mol. The van der Waals surface area contributed by atoms with Gasteiger partial charge < -0.3 is 44.1 Å². The van der Waals surface area contributed by atoms with Gasteiger partial charge in [0.05, 0.1) is 27.9 Å². The molecule has 136 valence electrons. The summed E-state index contributed by atoms with van der Waals surface area (Å²) in [4.78, 5) is 0. The summed E-state index contributed by atoms with van der Waals surface area (Å²) in [5, 5.41) is 38.9. The van der Waals surface area contributed by atoms with E-state index in [1.165, 1.54) is 21.3 Å². The molecule has 1 heterocycles. The molecule has 1 aliphatic rings. The summed E-state index contributed by atoms with van der Waals surface area (Å²) in [6.45, 7) is -0.554. The van der Waals surface area contributed by atoms with Crippen LogP contribution in [-0.4, -0.2) is 79.1 Å². The first-order chi connectivity index (χ1) is 11.5. The van der Waals surface area contributed by atoms with Gasteiger partial charge in [-0.05, 0) is 0 Å². The maximum absolute atomic E-state index is 10.1. The van der Waals surface area contributed by atoms with Crippen molar-refractivity contribution in [1.29, 1.82) is 0 Å². The molecule has 1 fully saturated rings. The van der Waals surface area contributed by atoms with E-state index in [0.29, 0.717) is 5.75 Å². The van der Waals surface area contributed by atoms with Gasteiger partial charge in [0.1, 0.15) is 30.2 Å². The Morgan fingerprint density at radius 2 is 1.50 bits per heavy atom. The molecule has 5 atom stereocenters. The van der Waals surface area contributed by atoms with Crippen molar-refractivity contribution in [2.45, 2.75) is 30.7 Å². The molecule has 9 nitrogen and oxygen atoms in total. The number of hydrogen-bond acceptors (Lipinski definition) is 9. The van der Waals surface area contributed by atoms with Crippen molar-refractivity contribution < 1.29 is 44.1 Å². The number of benzene rings is 1. The van der Waals surface area contributed by atoms with Crippen LogP contribution in [0.3, 0.4) is 0 Å². The lowest BCUT2D eigenvalue weighted by molar-refractivity contribution is -0.277. The molecule has 0 amide bonds. The van der Waals surface area contributed by atoms with Gasteiger partial charge in [0.2, 0.25) is 12.0 Å². The van der Waals surface area contributed by atoms with E-state index in [9.17, 15) is 20.4 Å². The third kappa shape index (κ3) is 3.50. The predicted octanol–water partition coefficient (Wildman–Crippen LogP) is -1.11. The van der Waals surface area contributed by atoms with Gasteiger partial charge >= 0.3 is 0 Å². The van der Waals surface area contributed by atoms with Crippen molar-refractivity contribution in [3.05, 3.63) is 12.1 Å². The van der Waals surface area contributed by atoms with Crippen molar-refractivity contribution in [3.8, 4) is 23.0 Å². The Hall–Kier alpha value is -1.78. The van der Waals surface area contributed by atoms with Crippen LogP contribution in [0.2, 0.25) is 0 Å². The Balaban J connectivity index is 2.32. The molecule has 0 aliphatic carbocycles. The second-order valence-corrected chi connectivity index (χ2v) is 5.18. The average Bonchev–Trinajstić information content (AvgIpc) is 2.61. The normalized spacial score (nSPS) is 29.9. The zero-order valence-corrected chi connectivity index (χ0v) is 13.6. The highest BCUT2D eigenvalue weighted by atomic mass is 16.7. The molecular formula is C15H22O9. The fourth-order valence-electron chi connectivity index (χ4n) is 2.37. The Bertz CT molecular complexity index is 523. The summed E-state index contributed by atoms with van der Waals surface area (Å²) in [5.74, 6) is 1.08. The molecule has 0 radical (unpaired) electrons. The second kappa shape index (κ2) is 7.86. The summed E-state index contributed by atoms with van der Waals surface area (Å²) in [6.07, 6.45) is -6.99. The molecule has 1 aromatic carbocycles. The SMILES string of the molecule is COc1cc(OC)c(OC2OC(CO)C(O)[C@H](O)[C@H]2O)c(OC)c1. The fraction of sp³-hybridized carbons (Fsp3) is 0.600. The molecule has 1 saturated heterocycles. The van der Waals surface area contributed by atoms with E-state index in [1.54, 1.807) is 12.1 Å². The minimum absolute atomic E-state index is 0.116. The molecule has 0 saturated carbocycles. The van der Waals surface area contributed by atoms with E-state index in [2.05, 4.69) is 0 Å². The first-order valence-electron chi connectivity index (χ1n) is 7.24. The molecule has 1 aliphatic heterocycles. The lowest BCUT2D eigenvalue weighted by Gasteiger charge is -2.39. The summed E-state index contributed by atoms with van der Waals surface area (Å²) in [6, 6.07) is 3.09. The van der Waals surface area contributed by atoms with Crippen LogP contribution >= 0.6 is 0 Å². The molecule has 24 heavy (non-hydrogen) atoms. The van der Waals surface area contributed by atoms with Crippen LogP contribution in [0.4, 0.5) is 0 Å². The zero-order valence-electron chi connectivity index (χ0n) is 13.6. The minimum atomic E-state index is -1.55. The van der Waals surface area contributed by atoms with E-state index in [-0.39, 0.29) is 17.2 Å². The van der Waals surface area contributed by atoms with Gasteiger partial charge in [0, 0.05) is 12.1 Å². The lowest BCUT2D eigenvalue weighted by atomic mass is 9.99. The topological polar surface area (TPSA) is 127 Å². The van der Waals surface area contributed by atoms with Gasteiger partial charge in [-0.2, -0.15) is 0 Å². The van der Waals surface area contributed by atoms with Crippen LogP contribution < -0.4 is 18.9 Å². The van der Waals surface area contributed by atoms with E-state index >= 15 is 0 Å². The smallest absolute Gasteiger partial charge is 0.229 e. The largest absolute Gasteiger partial charge is 0.496 e. The van der Waals surface area contributed by atoms with Gasteiger partial charge in [-0.15, -0.1) is 0 Å². The fourth-order valence-corrected chi connectivity index (χ4v) is 2.37. The van der Waals surface area contributed by atoms with Gasteiger partial charge in [0.25, 0.3) is 0 Å². The van der Waals surface area contributed by atoms with E-state index < -0.39 is 37.3 Å². The average molecular weight is 346 g/mol. The molecule has 3 unspecified atom stereocenters. The van der Waals surface area contributed by atoms with Gasteiger partial charge in [-0.1, -0.05) is 0 Å². The van der Waals surface area contributed by atoms with E-state index in [4.69, 9.17) is 23.7 Å². The third-order valence-electron chi connectivity index (χ3n) is 3.75. The van der Waals surface area contributed by atoms with Crippen molar-refractivity contribution in [2.75, 3.05) is 27.9 Å². The Labute approximate surface area is 138 Å². The summed E-state index contributed by atoms with van der Waals surface area (Å²) < 4.78 is 26.5. The Kier molecular flexibility index (Phi) is 6.08. The summed E-state index contributed by atoms with van der Waals surface area (Å²) in [5.41, 5.74) is 0. The first kappa shape index (κ1) is 18.6. The second-order valence-electron chi connectivity index (χ2n) is 5.18. The summed E-state index contributed by atoms with van der Waals surface area (Å²) >= 11 is 0. The molecule has 9 heteroatoms. The van der Waals surface area contributed by atoms with Crippen LogP contribution in [0.15, 0.2) is 12.1 Å². The molecule has 1 aromatic rings. The summed E-state index contributed by atoms with van der Waals surface area (Å²) in [7, 11) is 4.30. The number of hydrogen-bond donors (Lipinski definition) is 4. The number of rotatable bonds is 6. The van der Waals surface area contributed by atoms with Gasteiger partial charge in [-0.25, -0.2) is 0 Å². The maximum atomic E-state index is 10.1. The minimum Gasteiger partial charge on any atom is -0.496 e. The molecule has 0 bridgehead atoms. The monoisotopic (exact) mass is 346 g/mol. The molecule has 2 rings (SSSR count). The van der Waals surface area contributed by atoms with E-state index in [0.717, 1.165) is 0 Å². The highest BCUT2D eigenvalue weighted by Gasteiger charge is 2.45. The van der Waals surface area contributed by atoms with Crippen molar-refractivity contribution >= 4 is 0 Å². The highest BCUT2D eigenvalue weighted by Crippen LogP contribution is 2.42. The van der Waals surface area contributed by atoms with Crippen LogP contribution in [0.5, 0.6) is 23.0 Å². The number of methoxy groups -OCH3 is 3. The van der Waals surface area contributed by atoms with Crippen molar-refractivity contribution in [3.63, 3.8) is 0 Å². The molecule has 0 spiro atoms. The van der Waals surface area contributed by atoms with Crippen molar-refractivity contribution in [2.24, 2.45) is 0 Å². The van der Waals surface area contributed by atoms with Gasteiger partial charge in [0.15, 0.2) is 11.5 Å². The Morgan fingerprint density at radius 1 is 0.917 bits per heavy atom. The molecule has 0 aromatic heterocycles. The third-order valence-corrected chi connectivity index (χ3v) is 3.75. The van der Waals surface area contributed by atoms with Gasteiger partial charge in [-0.3, -0.25) is 0 Å². The Morgan fingerprint density at radius 3 is 1.96 bits per heavy atom. The van der Waals surface area contributed by atoms with Crippen LogP contribution in [0, 0.1) is 0 Å². The highest BCUT2D eigenvalue weighted by molar-refractivity contribution is 5.56. The zero-order chi connectivity index (χ0) is 17.9. The maximum Gasteiger partial charge on any atom is 0.229 e. The van der Waals surface area contributed by atoms with Crippen LogP contribution in [0.25, 0.3) is 0 Å². The van der Waals surface area contributed by atoms with Crippen LogP contribution in [0.1, 0.15) is 0 Å². The van der Waals surface area contributed by atoms with Crippen LogP contribution in [-0.2, 0) is 4.74 Å². The number of ether oxygens (including phenoxy) is 5. The number of aliphatic hydroxyl groups excluding tert-OH is 4. The number of aliphatic hydroxyl groups is 4. The predicted molar refractivity (Wildman–Crippen MR) is 80.5 cm³/mol. The lowest BCUT2D eigenvalue weighted by Crippen LogP contribution is -2.60.